The van der Waals surface area contributed by atoms with Gasteiger partial charge in [0.25, 0.3) is 0 Å². The first kappa shape index (κ1) is 23.0. The Morgan fingerprint density at radius 2 is 1.63 bits per heavy atom. The summed E-state index contributed by atoms with van der Waals surface area (Å²) in [6.45, 7) is 5.54. The number of piperazine rings is 1. The molecule has 0 saturated carbocycles. The number of hydrogen-bond donors (Lipinski definition) is 1. The van der Waals surface area contributed by atoms with E-state index in [1.165, 1.54) is 0 Å². The number of urea groups is 1. The molecular weight excluding hydrogens is 448 g/mol. The molecule has 35 heavy (non-hydrogen) atoms. The minimum Gasteiger partial charge on any atom is -0.486 e. The molecule has 1 N–H and O–H groups in total. The van der Waals surface area contributed by atoms with E-state index >= 15 is 0 Å². The fourth-order valence-corrected chi connectivity index (χ4v) is 4.81. The Kier molecular flexibility index (Phi) is 6.48. The third-order valence-electron chi connectivity index (χ3n) is 6.82. The highest BCUT2D eigenvalue weighted by molar-refractivity contribution is 6.35. The third kappa shape index (κ3) is 5.03. The summed E-state index contributed by atoms with van der Waals surface area (Å²) in [6, 6.07) is 13.1. The van der Waals surface area contributed by atoms with Gasteiger partial charge >= 0.3 is 17.8 Å². The first-order valence-electron chi connectivity index (χ1n) is 12.1. The van der Waals surface area contributed by atoms with Gasteiger partial charge in [0.1, 0.15) is 13.2 Å². The molecule has 2 fully saturated rings. The summed E-state index contributed by atoms with van der Waals surface area (Å²) < 4.78 is 11.1. The van der Waals surface area contributed by atoms with E-state index in [9.17, 15) is 14.4 Å². The van der Waals surface area contributed by atoms with Crippen molar-refractivity contribution in [1.82, 2.24) is 14.7 Å². The van der Waals surface area contributed by atoms with Gasteiger partial charge in [-0.05, 0) is 37.5 Å². The van der Waals surface area contributed by atoms with Crippen LogP contribution in [0.2, 0.25) is 0 Å². The highest BCUT2D eigenvalue weighted by atomic mass is 16.6. The minimum atomic E-state index is -0.449. The molecule has 3 heterocycles. The molecule has 3 aliphatic rings. The van der Waals surface area contributed by atoms with Crippen LogP contribution in [0, 0.1) is 6.92 Å². The van der Waals surface area contributed by atoms with Crippen molar-refractivity contribution in [3.05, 3.63) is 53.6 Å². The molecule has 2 aromatic carbocycles. The van der Waals surface area contributed by atoms with Gasteiger partial charge in [-0.25, -0.2) is 4.79 Å². The van der Waals surface area contributed by atoms with Gasteiger partial charge in [-0.15, -0.1) is 0 Å². The Hall–Kier alpha value is -3.75. The summed E-state index contributed by atoms with van der Waals surface area (Å²) in [5.74, 6) is 0.406. The Labute approximate surface area is 204 Å². The van der Waals surface area contributed by atoms with Crippen LogP contribution in [0.25, 0.3) is 0 Å². The Morgan fingerprint density at radius 1 is 0.914 bits per heavy atom. The zero-order valence-corrected chi connectivity index (χ0v) is 19.9. The zero-order valence-electron chi connectivity index (χ0n) is 19.9. The van der Waals surface area contributed by atoms with Crippen LogP contribution in [0.1, 0.15) is 24.0 Å². The molecule has 0 radical (unpaired) electrons. The van der Waals surface area contributed by atoms with Crippen LogP contribution in [0.3, 0.4) is 0 Å². The number of anilines is 1. The molecule has 0 aromatic heterocycles. The fourth-order valence-electron chi connectivity index (χ4n) is 4.81. The van der Waals surface area contributed by atoms with Gasteiger partial charge in [-0.2, -0.15) is 0 Å². The number of carbonyl (C=O) groups excluding carboxylic acids is 3. The summed E-state index contributed by atoms with van der Waals surface area (Å²) in [6.07, 6.45) is 1.29. The summed E-state index contributed by atoms with van der Waals surface area (Å²) in [5.41, 5.74) is 2.82. The monoisotopic (exact) mass is 478 g/mol. The molecule has 0 bridgehead atoms. The van der Waals surface area contributed by atoms with E-state index in [0.717, 1.165) is 11.1 Å². The number of benzene rings is 2. The highest BCUT2D eigenvalue weighted by Crippen LogP contribution is 2.32. The molecule has 9 heteroatoms. The van der Waals surface area contributed by atoms with E-state index < -0.39 is 11.8 Å². The number of carbonyl (C=O) groups is 3. The molecule has 4 amide bonds. The molecule has 2 saturated heterocycles. The predicted octanol–water partition coefficient (Wildman–Crippen LogP) is 2.63. The van der Waals surface area contributed by atoms with Crippen molar-refractivity contribution in [2.24, 2.45) is 0 Å². The van der Waals surface area contributed by atoms with E-state index in [0.29, 0.717) is 76.0 Å². The van der Waals surface area contributed by atoms with E-state index in [1.807, 2.05) is 31.2 Å². The molecular formula is C26H30N4O5. The maximum Gasteiger partial charge on any atom is 0.321 e. The van der Waals surface area contributed by atoms with Gasteiger partial charge < -0.3 is 29.5 Å². The second kappa shape index (κ2) is 9.85. The van der Waals surface area contributed by atoms with Crippen molar-refractivity contribution >= 4 is 23.5 Å². The highest BCUT2D eigenvalue weighted by Gasteiger charge is 2.38. The van der Waals surface area contributed by atoms with Gasteiger partial charge in [0.2, 0.25) is 0 Å². The topological polar surface area (TPSA) is 91.4 Å². The number of hydrogen-bond acceptors (Lipinski definition) is 5. The molecule has 9 nitrogen and oxygen atoms in total. The van der Waals surface area contributed by atoms with Crippen molar-refractivity contribution < 1.29 is 23.9 Å². The maximum atomic E-state index is 12.9. The van der Waals surface area contributed by atoms with E-state index in [1.54, 1.807) is 32.9 Å². The van der Waals surface area contributed by atoms with Gasteiger partial charge in [0.15, 0.2) is 11.5 Å². The first-order chi connectivity index (χ1) is 17.0. The number of likely N-dealkylation sites (tertiary alicyclic amines) is 1. The van der Waals surface area contributed by atoms with Crippen molar-refractivity contribution in [1.29, 1.82) is 0 Å². The third-order valence-corrected chi connectivity index (χ3v) is 6.82. The average Bonchev–Trinajstić information content (AvgIpc) is 2.88. The number of amides is 4. The van der Waals surface area contributed by atoms with E-state index in [-0.39, 0.29) is 12.1 Å². The summed E-state index contributed by atoms with van der Waals surface area (Å²) in [4.78, 5) is 43.5. The first-order valence-corrected chi connectivity index (χ1v) is 12.1. The van der Waals surface area contributed by atoms with Crippen LogP contribution in [-0.4, -0.2) is 78.0 Å². The minimum absolute atomic E-state index is 0.0358. The molecule has 184 valence electrons. The zero-order chi connectivity index (χ0) is 24.4. The molecule has 0 unspecified atom stereocenters. The van der Waals surface area contributed by atoms with Gasteiger partial charge in [0.05, 0.1) is 0 Å². The largest absolute Gasteiger partial charge is 0.486 e. The fraction of sp³-hybridized carbons (Fsp3) is 0.423. The molecule has 2 aromatic rings. The standard InChI is InChI=1S/C26H30N4O5/c1-18-2-4-19(5-3-18)17-29-12-13-30(25(32)24(29)31)21-8-10-28(11-9-21)26(33)27-20-6-7-22-23(16-20)35-15-14-34-22/h2-7,16,21H,8-15,17H2,1H3,(H,27,33). The molecule has 5 rings (SSSR count). The van der Waals surface area contributed by atoms with Gasteiger partial charge in [-0.3, -0.25) is 9.59 Å². The van der Waals surface area contributed by atoms with Crippen LogP contribution in [0.5, 0.6) is 11.5 Å². The Balaban J connectivity index is 1.12. The van der Waals surface area contributed by atoms with Crippen LogP contribution < -0.4 is 14.8 Å². The number of nitrogens with one attached hydrogen (secondary N) is 1. The number of ether oxygens (including phenoxy) is 2. The summed E-state index contributed by atoms with van der Waals surface area (Å²) in [7, 11) is 0. The number of nitrogens with zero attached hydrogens (tertiary/aromatic N) is 3. The normalized spacial score (nSPS) is 18.6. The maximum absolute atomic E-state index is 12.9. The molecule has 0 spiro atoms. The number of aryl methyl sites for hydroxylation is 1. The van der Waals surface area contributed by atoms with E-state index in [2.05, 4.69) is 5.32 Å². The van der Waals surface area contributed by atoms with E-state index in [4.69, 9.17) is 9.47 Å². The average molecular weight is 479 g/mol. The molecule has 0 aliphatic carbocycles. The van der Waals surface area contributed by atoms with Crippen molar-refractivity contribution in [3.8, 4) is 11.5 Å². The lowest BCUT2D eigenvalue weighted by Gasteiger charge is -2.42. The van der Waals surface area contributed by atoms with Crippen LogP contribution >= 0.6 is 0 Å². The Bertz CT molecular complexity index is 1110. The quantitative estimate of drug-likeness (QED) is 0.683. The molecule has 3 aliphatic heterocycles. The number of rotatable bonds is 4. The van der Waals surface area contributed by atoms with Gasteiger partial charge in [-0.1, -0.05) is 29.8 Å². The van der Waals surface area contributed by atoms with Crippen LogP contribution in [0.4, 0.5) is 10.5 Å². The van der Waals surface area contributed by atoms with Crippen molar-refractivity contribution in [2.45, 2.75) is 32.4 Å². The van der Waals surface area contributed by atoms with Gasteiger partial charge in [0, 0.05) is 50.5 Å². The second-order valence-corrected chi connectivity index (χ2v) is 9.22. The lowest BCUT2D eigenvalue weighted by atomic mass is 10.0. The number of fused-ring (bicyclic) bond motifs is 1. The smallest absolute Gasteiger partial charge is 0.321 e. The van der Waals surface area contributed by atoms with Crippen molar-refractivity contribution in [3.63, 3.8) is 0 Å². The Morgan fingerprint density at radius 3 is 2.37 bits per heavy atom. The second-order valence-electron chi connectivity index (χ2n) is 9.22. The summed E-state index contributed by atoms with van der Waals surface area (Å²) in [5, 5.41) is 2.91. The number of piperidine rings is 1. The summed E-state index contributed by atoms with van der Waals surface area (Å²) >= 11 is 0. The van der Waals surface area contributed by atoms with Crippen molar-refractivity contribution in [2.75, 3.05) is 44.7 Å². The lowest BCUT2D eigenvalue weighted by molar-refractivity contribution is -0.158. The predicted molar refractivity (Wildman–Crippen MR) is 129 cm³/mol. The SMILES string of the molecule is Cc1ccc(CN2CCN(C3CCN(C(=O)Nc4ccc5c(c4)OCCO5)CC3)C(=O)C2=O)cc1. The lowest BCUT2D eigenvalue weighted by Crippen LogP contribution is -2.59. The molecule has 0 atom stereocenters. The van der Waals surface area contributed by atoms with Crippen LogP contribution in [0.15, 0.2) is 42.5 Å². The van der Waals surface area contributed by atoms with Crippen LogP contribution in [-0.2, 0) is 16.1 Å².